The maximum Gasteiger partial charge on any atom is 0.231 e. The number of hydrogen-bond acceptors (Lipinski definition) is 6. The molecule has 0 fully saturated rings. The van der Waals surface area contributed by atoms with Crippen LogP contribution in [0.3, 0.4) is 0 Å². The number of nitrogens with zero attached hydrogens (tertiary/aromatic N) is 1. The quantitative estimate of drug-likeness (QED) is 0.411. The minimum absolute atomic E-state index is 0.110. The first-order valence-electron chi connectivity index (χ1n) is 9.23. The van der Waals surface area contributed by atoms with Crippen LogP contribution < -0.4 is 14.9 Å². The van der Waals surface area contributed by atoms with Crippen LogP contribution in [0.2, 0.25) is 5.02 Å². The number of aromatic amines is 1. The van der Waals surface area contributed by atoms with E-state index in [4.69, 9.17) is 25.5 Å². The normalized spacial score (nSPS) is 12.8. The minimum Gasteiger partial charge on any atom is -0.454 e. The predicted octanol–water partition coefficient (Wildman–Crippen LogP) is 5.37. The van der Waals surface area contributed by atoms with Crippen molar-refractivity contribution in [1.29, 1.82) is 0 Å². The first-order valence-corrected chi connectivity index (χ1v) is 10.5. The summed E-state index contributed by atoms with van der Waals surface area (Å²) in [6, 6.07) is 10.8. The lowest BCUT2D eigenvalue weighted by molar-refractivity contribution is 0.174. The van der Waals surface area contributed by atoms with Crippen molar-refractivity contribution in [2.24, 2.45) is 0 Å². The van der Waals surface area contributed by atoms with Crippen LogP contribution in [0.4, 0.5) is 0 Å². The van der Waals surface area contributed by atoms with Crippen LogP contribution in [0.25, 0.3) is 32.6 Å². The van der Waals surface area contributed by atoms with Crippen molar-refractivity contribution < 1.29 is 13.9 Å². The summed E-state index contributed by atoms with van der Waals surface area (Å²) in [4.78, 5) is 21.1. The maximum atomic E-state index is 13.4. The van der Waals surface area contributed by atoms with Gasteiger partial charge in [0.2, 0.25) is 12.2 Å². The summed E-state index contributed by atoms with van der Waals surface area (Å²) in [5, 5.41) is 4.10. The number of rotatable bonds is 3. The van der Waals surface area contributed by atoms with Gasteiger partial charge in [0, 0.05) is 29.1 Å². The molecule has 0 saturated heterocycles. The fourth-order valence-corrected chi connectivity index (χ4v) is 4.57. The molecule has 6 nitrogen and oxygen atoms in total. The van der Waals surface area contributed by atoms with Crippen LogP contribution in [-0.4, -0.2) is 16.8 Å². The zero-order valence-electron chi connectivity index (χ0n) is 15.4. The second-order valence-electron chi connectivity index (χ2n) is 6.96. The number of nitrogens with one attached hydrogen (secondary N) is 1. The molecule has 1 N–H and O–H groups in total. The van der Waals surface area contributed by atoms with Crippen molar-refractivity contribution in [3.05, 3.63) is 74.5 Å². The number of thiazole rings is 1. The van der Waals surface area contributed by atoms with Crippen LogP contribution in [0, 0.1) is 0 Å². The Morgan fingerprint density at radius 2 is 2.03 bits per heavy atom. The van der Waals surface area contributed by atoms with Gasteiger partial charge in [-0.2, -0.15) is 0 Å². The van der Waals surface area contributed by atoms with E-state index in [1.807, 2.05) is 23.6 Å². The summed E-state index contributed by atoms with van der Waals surface area (Å²) in [6.45, 7) is 0.222. The molecule has 2 aromatic carbocycles. The van der Waals surface area contributed by atoms with Crippen LogP contribution in [0.5, 0.6) is 11.5 Å². The molecule has 0 saturated carbocycles. The molecule has 1 aliphatic heterocycles. The Morgan fingerprint density at radius 3 is 2.90 bits per heavy atom. The Kier molecular flexibility index (Phi) is 3.87. The smallest absolute Gasteiger partial charge is 0.231 e. The zero-order valence-corrected chi connectivity index (χ0v) is 17.0. The van der Waals surface area contributed by atoms with Gasteiger partial charge in [0.1, 0.15) is 10.6 Å². The van der Waals surface area contributed by atoms with Crippen molar-refractivity contribution in [3.8, 4) is 22.2 Å². The number of ether oxygens (including phenoxy) is 2. The SMILES string of the molecule is O=c1c2ccc(Cl)cc2oc2c(Cc3ccc4c(c3)OCO4)[nH]c(-c3nccs3)c12. The summed E-state index contributed by atoms with van der Waals surface area (Å²) in [6.07, 6.45) is 2.24. The topological polar surface area (TPSA) is 77.4 Å². The van der Waals surface area contributed by atoms with E-state index >= 15 is 0 Å². The second-order valence-corrected chi connectivity index (χ2v) is 8.29. The third-order valence-electron chi connectivity index (χ3n) is 5.12. The fourth-order valence-electron chi connectivity index (χ4n) is 3.76. The van der Waals surface area contributed by atoms with E-state index in [0.717, 1.165) is 22.0 Å². The Balaban J connectivity index is 1.59. The molecule has 8 heteroatoms. The highest BCUT2D eigenvalue weighted by molar-refractivity contribution is 7.13. The standard InChI is InChI=1S/C22H13ClN2O4S/c23-12-2-3-13-16(9-12)29-21-14(7-11-1-4-15-17(8-11)28-10-27-15)25-19(18(21)20(13)26)22-24-5-6-30-22/h1-6,8-9,25H,7,10H2. The lowest BCUT2D eigenvalue weighted by Gasteiger charge is -2.03. The van der Waals surface area contributed by atoms with Gasteiger partial charge in [-0.1, -0.05) is 17.7 Å². The summed E-state index contributed by atoms with van der Waals surface area (Å²) in [5.74, 6) is 1.44. The van der Waals surface area contributed by atoms with Gasteiger partial charge in [-0.25, -0.2) is 4.98 Å². The van der Waals surface area contributed by atoms with Crippen LogP contribution in [0.1, 0.15) is 11.3 Å². The monoisotopic (exact) mass is 436 g/mol. The van der Waals surface area contributed by atoms with E-state index in [9.17, 15) is 4.79 Å². The molecule has 5 aromatic rings. The van der Waals surface area contributed by atoms with Gasteiger partial charge in [0.15, 0.2) is 17.1 Å². The molecule has 0 bridgehead atoms. The number of H-pyrrole nitrogens is 1. The Labute approximate surface area is 178 Å². The lowest BCUT2D eigenvalue weighted by atomic mass is 10.1. The summed E-state index contributed by atoms with van der Waals surface area (Å²) >= 11 is 7.59. The van der Waals surface area contributed by atoms with Crippen LogP contribution in [0.15, 0.2) is 57.2 Å². The van der Waals surface area contributed by atoms with E-state index in [1.54, 1.807) is 24.4 Å². The molecule has 30 heavy (non-hydrogen) atoms. The summed E-state index contributed by atoms with van der Waals surface area (Å²) in [5.41, 5.74) is 3.31. The highest BCUT2D eigenvalue weighted by atomic mass is 35.5. The van der Waals surface area contributed by atoms with Gasteiger partial charge in [-0.05, 0) is 29.8 Å². The molecule has 6 rings (SSSR count). The number of aromatic nitrogens is 2. The van der Waals surface area contributed by atoms with Crippen molar-refractivity contribution in [1.82, 2.24) is 9.97 Å². The van der Waals surface area contributed by atoms with Crippen molar-refractivity contribution in [3.63, 3.8) is 0 Å². The molecule has 0 aliphatic carbocycles. The van der Waals surface area contributed by atoms with Crippen molar-refractivity contribution in [2.45, 2.75) is 6.42 Å². The minimum atomic E-state index is -0.110. The number of hydrogen-bond donors (Lipinski definition) is 1. The molecule has 3 aromatic heterocycles. The first kappa shape index (κ1) is 17.6. The fraction of sp³-hybridized carbons (Fsp3) is 0.0909. The Morgan fingerprint density at radius 1 is 1.13 bits per heavy atom. The largest absolute Gasteiger partial charge is 0.454 e. The molecule has 0 amide bonds. The van der Waals surface area contributed by atoms with Crippen molar-refractivity contribution >= 4 is 44.9 Å². The Bertz CT molecular complexity index is 1490. The first-order chi connectivity index (χ1) is 14.7. The van der Waals surface area contributed by atoms with E-state index in [2.05, 4.69) is 9.97 Å². The summed E-state index contributed by atoms with van der Waals surface area (Å²) in [7, 11) is 0. The molecule has 0 spiro atoms. The second kappa shape index (κ2) is 6.62. The average Bonchev–Trinajstić information content (AvgIpc) is 3.48. The van der Waals surface area contributed by atoms with Crippen molar-refractivity contribution in [2.75, 3.05) is 6.79 Å². The van der Waals surface area contributed by atoms with Gasteiger partial charge < -0.3 is 18.9 Å². The molecule has 0 unspecified atom stereocenters. The van der Waals surface area contributed by atoms with Crippen LogP contribution >= 0.6 is 22.9 Å². The molecule has 4 heterocycles. The molecule has 0 radical (unpaired) electrons. The molecular formula is C22H13ClN2O4S. The predicted molar refractivity (Wildman–Crippen MR) is 116 cm³/mol. The van der Waals surface area contributed by atoms with Gasteiger partial charge >= 0.3 is 0 Å². The van der Waals surface area contributed by atoms with Gasteiger partial charge in [0.05, 0.1) is 22.2 Å². The highest BCUT2D eigenvalue weighted by Gasteiger charge is 2.22. The van der Waals surface area contributed by atoms with Crippen LogP contribution in [-0.2, 0) is 6.42 Å². The van der Waals surface area contributed by atoms with Gasteiger partial charge in [-0.3, -0.25) is 4.79 Å². The molecule has 0 atom stereocenters. The lowest BCUT2D eigenvalue weighted by Crippen LogP contribution is -2.02. The highest BCUT2D eigenvalue weighted by Crippen LogP contribution is 2.36. The van der Waals surface area contributed by atoms with E-state index in [0.29, 0.717) is 44.8 Å². The third-order valence-corrected chi connectivity index (χ3v) is 6.14. The van der Waals surface area contributed by atoms with E-state index in [1.165, 1.54) is 11.3 Å². The molecule has 1 aliphatic rings. The van der Waals surface area contributed by atoms with Gasteiger partial charge in [0.25, 0.3) is 0 Å². The zero-order chi connectivity index (χ0) is 20.2. The summed E-state index contributed by atoms with van der Waals surface area (Å²) < 4.78 is 17.1. The third kappa shape index (κ3) is 2.70. The number of halogens is 1. The maximum absolute atomic E-state index is 13.4. The number of fused-ring (bicyclic) bond motifs is 3. The Hall–Kier alpha value is -3.29. The average molecular weight is 437 g/mol. The van der Waals surface area contributed by atoms with E-state index in [-0.39, 0.29) is 12.2 Å². The van der Waals surface area contributed by atoms with E-state index < -0.39 is 0 Å². The number of benzene rings is 2. The molecular weight excluding hydrogens is 424 g/mol. The molecule has 148 valence electrons. The van der Waals surface area contributed by atoms with Gasteiger partial charge in [-0.15, -0.1) is 11.3 Å².